The molecule has 7 nitrogen and oxygen atoms in total. The summed E-state index contributed by atoms with van der Waals surface area (Å²) in [5.74, 6) is 1.26. The summed E-state index contributed by atoms with van der Waals surface area (Å²) in [6.45, 7) is 3.59. The standard InChI is InChI=1S/C16H25N5O2/c1-2-21-16(17-11-18-21)15(12-7-8-12)19-13(22)10-20-9-5-3-4-6-14(20)23/h11-12,15H,2-10H2,1H3,(H,19,22)/t15-/m0/s1. The zero-order valence-corrected chi connectivity index (χ0v) is 13.7. The molecule has 1 saturated carbocycles. The van der Waals surface area contributed by atoms with Crippen molar-refractivity contribution < 1.29 is 9.59 Å². The third-order valence-corrected chi connectivity index (χ3v) is 4.64. The molecule has 23 heavy (non-hydrogen) atoms. The highest BCUT2D eigenvalue weighted by atomic mass is 16.2. The van der Waals surface area contributed by atoms with Crippen molar-refractivity contribution in [3.63, 3.8) is 0 Å². The summed E-state index contributed by atoms with van der Waals surface area (Å²) < 4.78 is 1.83. The Morgan fingerprint density at radius 3 is 2.96 bits per heavy atom. The van der Waals surface area contributed by atoms with Crippen LogP contribution in [0.1, 0.15) is 57.3 Å². The molecule has 1 aliphatic carbocycles. The van der Waals surface area contributed by atoms with E-state index in [0.29, 0.717) is 18.9 Å². The van der Waals surface area contributed by atoms with Crippen LogP contribution in [-0.4, -0.2) is 44.6 Å². The number of rotatable bonds is 6. The van der Waals surface area contributed by atoms with Crippen LogP contribution in [0.5, 0.6) is 0 Å². The minimum absolute atomic E-state index is 0.0907. The van der Waals surface area contributed by atoms with Gasteiger partial charge in [0.1, 0.15) is 12.2 Å². The molecule has 1 saturated heterocycles. The van der Waals surface area contributed by atoms with Crippen LogP contribution in [-0.2, 0) is 16.1 Å². The number of aromatic nitrogens is 3. The molecule has 1 N–H and O–H groups in total. The molecule has 1 aromatic heterocycles. The number of carbonyl (C=O) groups is 2. The number of aryl methyl sites for hydroxylation is 1. The van der Waals surface area contributed by atoms with E-state index in [4.69, 9.17) is 0 Å². The van der Waals surface area contributed by atoms with Crippen molar-refractivity contribution in [1.82, 2.24) is 25.0 Å². The van der Waals surface area contributed by atoms with E-state index in [-0.39, 0.29) is 24.4 Å². The minimum Gasteiger partial charge on any atom is -0.344 e. The van der Waals surface area contributed by atoms with E-state index in [1.54, 1.807) is 11.2 Å². The summed E-state index contributed by atoms with van der Waals surface area (Å²) in [6, 6.07) is -0.0907. The van der Waals surface area contributed by atoms with Crippen molar-refractivity contribution >= 4 is 11.8 Å². The fraction of sp³-hybridized carbons (Fsp3) is 0.750. The van der Waals surface area contributed by atoms with Gasteiger partial charge in [-0.15, -0.1) is 0 Å². The number of hydrogen-bond acceptors (Lipinski definition) is 4. The molecule has 2 aliphatic rings. The van der Waals surface area contributed by atoms with Gasteiger partial charge in [-0.3, -0.25) is 9.59 Å². The van der Waals surface area contributed by atoms with Gasteiger partial charge < -0.3 is 10.2 Å². The van der Waals surface area contributed by atoms with Crippen LogP contribution < -0.4 is 5.32 Å². The van der Waals surface area contributed by atoms with Gasteiger partial charge in [0.05, 0.1) is 12.6 Å². The summed E-state index contributed by atoms with van der Waals surface area (Å²) in [6.07, 6.45) is 7.28. The van der Waals surface area contributed by atoms with Crippen molar-refractivity contribution in [3.8, 4) is 0 Å². The van der Waals surface area contributed by atoms with E-state index < -0.39 is 0 Å². The van der Waals surface area contributed by atoms with Crippen LogP contribution in [0.2, 0.25) is 0 Å². The van der Waals surface area contributed by atoms with Gasteiger partial charge >= 0.3 is 0 Å². The molecule has 1 aromatic rings. The topological polar surface area (TPSA) is 80.1 Å². The van der Waals surface area contributed by atoms with Crippen molar-refractivity contribution in [2.75, 3.05) is 13.1 Å². The number of nitrogens with zero attached hydrogens (tertiary/aromatic N) is 4. The monoisotopic (exact) mass is 319 g/mol. The Morgan fingerprint density at radius 1 is 1.39 bits per heavy atom. The molecular weight excluding hydrogens is 294 g/mol. The first kappa shape index (κ1) is 16.0. The quantitative estimate of drug-likeness (QED) is 0.856. The lowest BCUT2D eigenvalue weighted by Gasteiger charge is -2.23. The Labute approximate surface area is 136 Å². The number of carbonyl (C=O) groups excluding carboxylic acids is 2. The highest BCUT2D eigenvalue weighted by Crippen LogP contribution is 2.40. The van der Waals surface area contributed by atoms with Crippen molar-refractivity contribution in [2.45, 2.75) is 58.0 Å². The Hall–Kier alpha value is -1.92. The van der Waals surface area contributed by atoms with Gasteiger partial charge in [0.15, 0.2) is 0 Å². The zero-order valence-electron chi connectivity index (χ0n) is 13.7. The maximum absolute atomic E-state index is 12.4. The smallest absolute Gasteiger partial charge is 0.240 e. The lowest BCUT2D eigenvalue weighted by atomic mass is 10.1. The molecule has 0 spiro atoms. The second kappa shape index (κ2) is 7.10. The Kier molecular flexibility index (Phi) is 4.93. The summed E-state index contributed by atoms with van der Waals surface area (Å²) in [5.41, 5.74) is 0. The SMILES string of the molecule is CCn1ncnc1[C@@H](NC(=O)CN1CCCCCC1=O)C1CC1. The van der Waals surface area contributed by atoms with E-state index in [1.165, 1.54) is 0 Å². The number of amides is 2. The van der Waals surface area contributed by atoms with Gasteiger partial charge in [0, 0.05) is 19.5 Å². The summed E-state index contributed by atoms with van der Waals surface area (Å²) in [7, 11) is 0. The van der Waals surface area contributed by atoms with Crippen molar-refractivity contribution in [1.29, 1.82) is 0 Å². The maximum Gasteiger partial charge on any atom is 0.240 e. The first-order chi connectivity index (χ1) is 11.2. The number of nitrogens with one attached hydrogen (secondary N) is 1. The largest absolute Gasteiger partial charge is 0.344 e. The lowest BCUT2D eigenvalue weighted by molar-refractivity contribution is -0.135. The second-order valence-electron chi connectivity index (χ2n) is 6.44. The Balaban J connectivity index is 1.63. The highest BCUT2D eigenvalue weighted by Gasteiger charge is 2.36. The number of likely N-dealkylation sites (tertiary alicyclic amines) is 1. The fourth-order valence-electron chi connectivity index (χ4n) is 3.18. The predicted molar refractivity (Wildman–Crippen MR) is 84.4 cm³/mol. The average Bonchev–Trinajstić information content (AvgIpc) is 3.30. The van der Waals surface area contributed by atoms with Crippen molar-refractivity contribution in [2.24, 2.45) is 5.92 Å². The van der Waals surface area contributed by atoms with Crippen LogP contribution in [0.25, 0.3) is 0 Å². The zero-order chi connectivity index (χ0) is 16.2. The van der Waals surface area contributed by atoms with Gasteiger partial charge in [0.25, 0.3) is 0 Å². The van der Waals surface area contributed by atoms with Gasteiger partial charge in [-0.2, -0.15) is 5.10 Å². The summed E-state index contributed by atoms with van der Waals surface area (Å²) in [5, 5.41) is 7.29. The third kappa shape index (κ3) is 3.89. The van der Waals surface area contributed by atoms with E-state index in [0.717, 1.165) is 44.5 Å². The van der Waals surface area contributed by atoms with Gasteiger partial charge in [0.2, 0.25) is 11.8 Å². The normalized spacial score (nSPS) is 20.2. The van der Waals surface area contributed by atoms with E-state index in [1.807, 2.05) is 11.6 Å². The first-order valence-electron chi connectivity index (χ1n) is 8.64. The molecule has 2 amide bonds. The summed E-state index contributed by atoms with van der Waals surface area (Å²) in [4.78, 5) is 30.5. The Bertz CT molecular complexity index is 567. The molecule has 0 bridgehead atoms. The molecule has 0 radical (unpaired) electrons. The predicted octanol–water partition coefficient (Wildman–Crippen LogP) is 1.27. The average molecular weight is 319 g/mol. The fourth-order valence-corrected chi connectivity index (χ4v) is 3.18. The minimum atomic E-state index is -0.0946. The van der Waals surface area contributed by atoms with Crippen LogP contribution in [0.4, 0.5) is 0 Å². The molecule has 3 rings (SSSR count). The van der Waals surface area contributed by atoms with Crippen LogP contribution in [0, 0.1) is 5.92 Å². The highest BCUT2D eigenvalue weighted by molar-refractivity contribution is 5.85. The van der Waals surface area contributed by atoms with E-state index in [2.05, 4.69) is 15.4 Å². The molecule has 2 heterocycles. The summed E-state index contributed by atoms with van der Waals surface area (Å²) >= 11 is 0. The van der Waals surface area contributed by atoms with Crippen LogP contribution in [0.3, 0.4) is 0 Å². The second-order valence-corrected chi connectivity index (χ2v) is 6.44. The van der Waals surface area contributed by atoms with Crippen LogP contribution >= 0.6 is 0 Å². The van der Waals surface area contributed by atoms with Crippen molar-refractivity contribution in [3.05, 3.63) is 12.2 Å². The first-order valence-corrected chi connectivity index (χ1v) is 8.64. The number of hydrogen-bond donors (Lipinski definition) is 1. The molecule has 0 unspecified atom stereocenters. The molecule has 2 fully saturated rings. The lowest BCUT2D eigenvalue weighted by Crippen LogP contribution is -2.42. The van der Waals surface area contributed by atoms with Gasteiger partial charge in [-0.05, 0) is 38.5 Å². The van der Waals surface area contributed by atoms with E-state index >= 15 is 0 Å². The molecule has 1 aliphatic heterocycles. The third-order valence-electron chi connectivity index (χ3n) is 4.64. The van der Waals surface area contributed by atoms with Gasteiger partial charge in [-0.25, -0.2) is 9.67 Å². The van der Waals surface area contributed by atoms with Crippen LogP contribution in [0.15, 0.2) is 6.33 Å². The molecule has 7 heteroatoms. The molecule has 126 valence electrons. The van der Waals surface area contributed by atoms with Gasteiger partial charge in [-0.1, -0.05) is 6.42 Å². The molecule has 1 atom stereocenters. The van der Waals surface area contributed by atoms with E-state index in [9.17, 15) is 9.59 Å². The Morgan fingerprint density at radius 2 is 2.22 bits per heavy atom. The molecule has 0 aromatic carbocycles. The maximum atomic E-state index is 12.4. The molecular formula is C16H25N5O2.